The first kappa shape index (κ1) is 13.3. The van der Waals surface area contributed by atoms with E-state index in [4.69, 9.17) is 10.8 Å². The quantitative estimate of drug-likeness (QED) is 0.665. The lowest BCUT2D eigenvalue weighted by molar-refractivity contribution is -0.139. The molecule has 0 fully saturated rings. The average Bonchev–Trinajstić information content (AvgIpc) is 2.29. The standard InChI is InChI=1S/C10H12N2O4S/c11-8(6-9(13)14)10(15)12-17(16)7-4-2-1-3-5-7/h1-5,8H,6,11H2,(H,12,15)(H,13,14). The smallest absolute Gasteiger partial charge is 0.305 e. The summed E-state index contributed by atoms with van der Waals surface area (Å²) in [7, 11) is -1.72. The minimum Gasteiger partial charge on any atom is -0.481 e. The normalized spacial score (nSPS) is 13.7. The summed E-state index contributed by atoms with van der Waals surface area (Å²) >= 11 is 0. The Hall–Kier alpha value is -1.73. The van der Waals surface area contributed by atoms with Crippen molar-refractivity contribution in [3.05, 3.63) is 30.3 Å². The van der Waals surface area contributed by atoms with E-state index in [9.17, 15) is 13.8 Å². The molecule has 2 atom stereocenters. The number of carboxylic acids is 1. The van der Waals surface area contributed by atoms with E-state index >= 15 is 0 Å². The number of carboxylic acid groups (broad SMARTS) is 1. The third kappa shape index (κ3) is 4.33. The van der Waals surface area contributed by atoms with Crippen molar-refractivity contribution in [2.45, 2.75) is 17.4 Å². The summed E-state index contributed by atoms with van der Waals surface area (Å²) in [5.74, 6) is -1.94. The van der Waals surface area contributed by atoms with Gasteiger partial charge in [0.05, 0.1) is 17.4 Å². The molecule has 1 amide bonds. The predicted molar refractivity (Wildman–Crippen MR) is 61.2 cm³/mol. The van der Waals surface area contributed by atoms with Crippen LogP contribution in [0.2, 0.25) is 0 Å². The molecular weight excluding hydrogens is 244 g/mol. The fraction of sp³-hybridized carbons (Fsp3) is 0.200. The summed E-state index contributed by atoms with van der Waals surface area (Å²) < 4.78 is 13.8. The lowest BCUT2D eigenvalue weighted by atomic mass is 10.2. The van der Waals surface area contributed by atoms with Crippen molar-refractivity contribution in [3.8, 4) is 0 Å². The first-order valence-corrected chi connectivity index (χ1v) is 5.90. The van der Waals surface area contributed by atoms with Gasteiger partial charge >= 0.3 is 5.97 Å². The molecule has 0 aliphatic carbocycles. The molecule has 0 aliphatic heterocycles. The van der Waals surface area contributed by atoms with Gasteiger partial charge in [-0.15, -0.1) is 0 Å². The number of carbonyl (C=O) groups excluding carboxylic acids is 1. The summed E-state index contributed by atoms with van der Waals surface area (Å²) in [5, 5.41) is 8.45. The maximum Gasteiger partial charge on any atom is 0.305 e. The lowest BCUT2D eigenvalue weighted by Crippen LogP contribution is -2.42. The molecule has 1 rings (SSSR count). The average molecular weight is 256 g/mol. The molecule has 17 heavy (non-hydrogen) atoms. The molecule has 2 unspecified atom stereocenters. The van der Waals surface area contributed by atoms with Crippen LogP contribution < -0.4 is 10.5 Å². The Labute approximate surface area is 100 Å². The molecule has 4 N–H and O–H groups in total. The van der Waals surface area contributed by atoms with Gasteiger partial charge in [0.25, 0.3) is 0 Å². The number of nitrogens with two attached hydrogens (primary N) is 1. The van der Waals surface area contributed by atoms with Crippen molar-refractivity contribution in [2.75, 3.05) is 0 Å². The van der Waals surface area contributed by atoms with E-state index < -0.39 is 35.3 Å². The monoisotopic (exact) mass is 256 g/mol. The van der Waals surface area contributed by atoms with Crippen molar-refractivity contribution >= 4 is 22.9 Å². The van der Waals surface area contributed by atoms with E-state index in [0.717, 1.165) is 0 Å². The number of amides is 1. The molecule has 0 aromatic heterocycles. The zero-order valence-corrected chi connectivity index (χ0v) is 9.65. The second-order valence-corrected chi connectivity index (χ2v) is 4.47. The molecule has 0 bridgehead atoms. The van der Waals surface area contributed by atoms with Crippen molar-refractivity contribution < 1.29 is 18.9 Å². The Kier molecular flexibility index (Phi) is 4.80. The maximum atomic E-state index is 11.6. The van der Waals surface area contributed by atoms with Crippen LogP contribution in [0.4, 0.5) is 0 Å². The van der Waals surface area contributed by atoms with Crippen LogP contribution in [0.3, 0.4) is 0 Å². The number of aliphatic carboxylic acids is 1. The summed E-state index contributed by atoms with van der Waals surface area (Å²) in [6, 6.07) is 7.06. The SMILES string of the molecule is NC(CC(=O)O)C(=O)NS(=O)c1ccccc1. The Balaban J connectivity index is 2.58. The van der Waals surface area contributed by atoms with Gasteiger partial charge in [-0.1, -0.05) is 18.2 Å². The van der Waals surface area contributed by atoms with E-state index in [2.05, 4.69) is 4.72 Å². The highest BCUT2D eigenvalue weighted by atomic mass is 32.2. The lowest BCUT2D eigenvalue weighted by Gasteiger charge is -2.09. The van der Waals surface area contributed by atoms with E-state index in [-0.39, 0.29) is 0 Å². The van der Waals surface area contributed by atoms with Crippen molar-refractivity contribution in [3.63, 3.8) is 0 Å². The van der Waals surface area contributed by atoms with Crippen LogP contribution >= 0.6 is 0 Å². The van der Waals surface area contributed by atoms with E-state index in [0.29, 0.717) is 4.90 Å². The van der Waals surface area contributed by atoms with Crippen LogP contribution in [0.5, 0.6) is 0 Å². The molecule has 0 radical (unpaired) electrons. The molecule has 92 valence electrons. The number of nitrogens with one attached hydrogen (secondary N) is 1. The Morgan fingerprint density at radius 1 is 1.35 bits per heavy atom. The summed E-state index contributed by atoms with van der Waals surface area (Å²) in [6.07, 6.45) is -0.502. The molecule has 0 saturated heterocycles. The zero-order valence-electron chi connectivity index (χ0n) is 8.83. The third-order valence-electron chi connectivity index (χ3n) is 1.88. The highest BCUT2D eigenvalue weighted by Crippen LogP contribution is 2.03. The van der Waals surface area contributed by atoms with Crippen molar-refractivity contribution in [1.29, 1.82) is 0 Å². The summed E-state index contributed by atoms with van der Waals surface area (Å²) in [6.45, 7) is 0. The van der Waals surface area contributed by atoms with Gasteiger partial charge in [0, 0.05) is 0 Å². The first-order valence-electron chi connectivity index (χ1n) is 4.75. The largest absolute Gasteiger partial charge is 0.481 e. The van der Waals surface area contributed by atoms with Crippen LogP contribution in [-0.2, 0) is 20.6 Å². The van der Waals surface area contributed by atoms with Gasteiger partial charge in [-0.2, -0.15) is 0 Å². The molecule has 0 aliphatic rings. The second-order valence-electron chi connectivity index (χ2n) is 3.25. The fourth-order valence-corrected chi connectivity index (χ4v) is 1.91. The molecule has 6 nitrogen and oxygen atoms in total. The fourth-order valence-electron chi connectivity index (χ4n) is 1.05. The van der Waals surface area contributed by atoms with Crippen LogP contribution in [0.1, 0.15) is 6.42 Å². The Morgan fingerprint density at radius 2 is 1.94 bits per heavy atom. The van der Waals surface area contributed by atoms with E-state index in [1.54, 1.807) is 30.3 Å². The van der Waals surface area contributed by atoms with Crippen LogP contribution in [-0.4, -0.2) is 27.2 Å². The minimum absolute atomic E-state index is 0.420. The molecular formula is C10H12N2O4S. The van der Waals surface area contributed by atoms with Gasteiger partial charge in [0.2, 0.25) is 5.91 Å². The van der Waals surface area contributed by atoms with Crippen molar-refractivity contribution in [2.24, 2.45) is 5.73 Å². The molecule has 0 spiro atoms. The van der Waals surface area contributed by atoms with E-state index in [1.165, 1.54) is 0 Å². The molecule has 1 aromatic rings. The van der Waals surface area contributed by atoms with Gasteiger partial charge in [-0.05, 0) is 12.1 Å². The number of hydrogen-bond donors (Lipinski definition) is 3. The van der Waals surface area contributed by atoms with Crippen LogP contribution in [0.15, 0.2) is 35.2 Å². The van der Waals surface area contributed by atoms with Crippen LogP contribution in [0, 0.1) is 0 Å². The predicted octanol–water partition coefficient (Wildman–Crippen LogP) is -0.373. The van der Waals surface area contributed by atoms with Gasteiger partial charge < -0.3 is 10.8 Å². The number of carbonyl (C=O) groups is 2. The Bertz CT molecular complexity index is 435. The van der Waals surface area contributed by atoms with Gasteiger partial charge in [0.15, 0.2) is 11.0 Å². The highest BCUT2D eigenvalue weighted by Gasteiger charge is 2.19. The topological polar surface area (TPSA) is 109 Å². The number of rotatable bonds is 5. The van der Waals surface area contributed by atoms with Crippen molar-refractivity contribution in [1.82, 2.24) is 4.72 Å². The number of benzene rings is 1. The molecule has 0 saturated carbocycles. The zero-order chi connectivity index (χ0) is 12.8. The molecule has 0 heterocycles. The third-order valence-corrected chi connectivity index (χ3v) is 2.97. The molecule has 7 heteroatoms. The van der Waals surface area contributed by atoms with E-state index in [1.807, 2.05) is 0 Å². The van der Waals surface area contributed by atoms with Gasteiger partial charge in [-0.25, -0.2) is 4.21 Å². The maximum absolute atomic E-state index is 11.6. The van der Waals surface area contributed by atoms with Gasteiger partial charge in [-0.3, -0.25) is 14.3 Å². The highest BCUT2D eigenvalue weighted by molar-refractivity contribution is 7.83. The number of hydrogen-bond acceptors (Lipinski definition) is 4. The molecule has 1 aromatic carbocycles. The summed E-state index contributed by atoms with van der Waals surface area (Å²) in [5.41, 5.74) is 5.32. The first-order chi connectivity index (χ1) is 8.00. The van der Waals surface area contributed by atoms with Crippen LogP contribution in [0.25, 0.3) is 0 Å². The summed E-state index contributed by atoms with van der Waals surface area (Å²) in [4.78, 5) is 22.1. The second kappa shape index (κ2) is 6.12. The minimum atomic E-state index is -1.72. The van der Waals surface area contributed by atoms with Gasteiger partial charge in [0.1, 0.15) is 0 Å². The Morgan fingerprint density at radius 3 is 2.47 bits per heavy atom.